The van der Waals surface area contributed by atoms with Crippen molar-refractivity contribution >= 4 is 42.5 Å². The summed E-state index contributed by atoms with van der Waals surface area (Å²) in [5.74, 6) is 0.570. The lowest BCUT2D eigenvalue weighted by Crippen LogP contribution is -2.41. The van der Waals surface area contributed by atoms with Crippen LogP contribution in [-0.2, 0) is 20.0 Å². The monoisotopic (exact) mass is 518 g/mol. The largest absolute Gasteiger partial charge is 0.396 e. The van der Waals surface area contributed by atoms with E-state index in [0.717, 1.165) is 31.5 Å². The lowest BCUT2D eigenvalue weighted by atomic mass is 9.97. The normalized spacial score (nSPS) is 19.9. The number of piperidine rings is 1. The number of nitrogens with two attached hydrogens (primary N) is 1. The van der Waals surface area contributed by atoms with Crippen LogP contribution in [0.4, 0.5) is 11.4 Å². The van der Waals surface area contributed by atoms with E-state index in [1.54, 1.807) is 34.6 Å². The van der Waals surface area contributed by atoms with Crippen LogP contribution >= 0.6 is 0 Å². The Hall–Kier alpha value is -2.67. The summed E-state index contributed by atoms with van der Waals surface area (Å²) in [6, 6.07) is 8.41. The fraction of sp³-hybridized carbons (Fsp3) is 0.435. The Labute approximate surface area is 205 Å². The molecule has 2 aliphatic rings. The number of sulfonamides is 1. The number of nitrogen functional groups attached to an aromatic ring is 1. The zero-order valence-electron chi connectivity index (χ0n) is 19.6. The van der Waals surface area contributed by atoms with Gasteiger partial charge in [0.15, 0.2) is 5.65 Å². The van der Waals surface area contributed by atoms with Gasteiger partial charge in [0.25, 0.3) is 10.0 Å². The Balaban J connectivity index is 1.33. The predicted octanol–water partition coefficient (Wildman–Crippen LogP) is 2.24. The summed E-state index contributed by atoms with van der Waals surface area (Å²) < 4.78 is 53.5. The number of anilines is 2. The maximum Gasteiger partial charge on any atom is 0.269 e. The summed E-state index contributed by atoms with van der Waals surface area (Å²) in [6.45, 7) is 4.56. The van der Waals surface area contributed by atoms with Gasteiger partial charge >= 0.3 is 0 Å². The topological polar surface area (TPSA) is 131 Å². The van der Waals surface area contributed by atoms with E-state index in [-0.39, 0.29) is 10.6 Å². The molecule has 0 amide bonds. The first-order valence-corrected chi connectivity index (χ1v) is 14.8. The van der Waals surface area contributed by atoms with E-state index in [2.05, 4.69) is 10.4 Å². The molecule has 2 fully saturated rings. The highest BCUT2D eigenvalue weighted by Crippen LogP contribution is 2.32. The van der Waals surface area contributed by atoms with Gasteiger partial charge in [-0.2, -0.15) is 0 Å². The molecule has 5 rings (SSSR count). The van der Waals surface area contributed by atoms with Gasteiger partial charge < -0.3 is 11.2 Å². The lowest BCUT2D eigenvalue weighted by molar-refractivity contribution is 0.197. The minimum absolute atomic E-state index is 0.191. The highest BCUT2D eigenvalue weighted by Gasteiger charge is 2.32. The number of fused-ring (bicyclic) bond motifs is 1. The van der Waals surface area contributed by atoms with Crippen LogP contribution in [0.3, 0.4) is 0 Å². The molecule has 0 atom stereocenters. The van der Waals surface area contributed by atoms with Gasteiger partial charge in [-0.05, 0) is 50.3 Å². The van der Waals surface area contributed by atoms with Crippen molar-refractivity contribution in [3.8, 4) is 0 Å². The highest BCUT2D eigenvalue weighted by molar-refractivity contribution is 7.90. The van der Waals surface area contributed by atoms with Gasteiger partial charge in [0.05, 0.1) is 28.2 Å². The highest BCUT2D eigenvalue weighted by atomic mass is 32.2. The summed E-state index contributed by atoms with van der Waals surface area (Å²) in [5.41, 5.74) is 11.9. The Morgan fingerprint density at radius 1 is 1.11 bits per heavy atom. The van der Waals surface area contributed by atoms with Crippen molar-refractivity contribution < 1.29 is 16.8 Å². The minimum atomic E-state index is -3.81. The van der Waals surface area contributed by atoms with Crippen LogP contribution in [0.1, 0.15) is 24.8 Å². The van der Waals surface area contributed by atoms with Gasteiger partial charge in [-0.25, -0.2) is 35.1 Å². The SMILES string of the molecule is Cc1ccc(S(=O)(=O)n2ccc3c(NN4CCC(CN5CCCS5(=O)=O)CC4)c(N)cnc32)cc1. The summed E-state index contributed by atoms with van der Waals surface area (Å²) in [6.07, 6.45) is 5.39. The number of aryl methyl sites for hydroxylation is 1. The zero-order valence-corrected chi connectivity index (χ0v) is 21.2. The van der Waals surface area contributed by atoms with Crippen molar-refractivity contribution in [3.05, 3.63) is 48.3 Å². The summed E-state index contributed by atoms with van der Waals surface area (Å²) in [7, 11) is -6.89. The third-order valence-corrected chi connectivity index (χ3v) is 10.4. The van der Waals surface area contributed by atoms with Gasteiger partial charge in [-0.1, -0.05) is 17.7 Å². The number of nitrogens with one attached hydrogen (secondary N) is 1. The number of rotatable bonds is 6. The molecular formula is C23H30N6O4S2. The molecule has 188 valence electrons. The van der Waals surface area contributed by atoms with E-state index in [1.807, 2.05) is 11.9 Å². The lowest BCUT2D eigenvalue weighted by Gasteiger charge is -2.34. The van der Waals surface area contributed by atoms with E-state index in [0.29, 0.717) is 47.8 Å². The molecule has 2 aliphatic heterocycles. The van der Waals surface area contributed by atoms with Gasteiger partial charge in [0.1, 0.15) is 0 Å². The van der Waals surface area contributed by atoms with E-state index >= 15 is 0 Å². The average Bonchev–Trinajstić information content (AvgIpc) is 3.40. The van der Waals surface area contributed by atoms with Crippen molar-refractivity contribution in [2.75, 3.05) is 43.1 Å². The molecule has 0 unspecified atom stereocenters. The minimum Gasteiger partial charge on any atom is -0.396 e. The average molecular weight is 519 g/mol. The molecule has 3 N–H and O–H groups in total. The van der Waals surface area contributed by atoms with Crippen LogP contribution in [0.5, 0.6) is 0 Å². The number of aromatic nitrogens is 2. The van der Waals surface area contributed by atoms with E-state index < -0.39 is 20.0 Å². The first-order valence-electron chi connectivity index (χ1n) is 11.7. The van der Waals surface area contributed by atoms with Gasteiger partial charge in [-0.15, -0.1) is 0 Å². The third-order valence-electron chi connectivity index (χ3n) is 6.84. The van der Waals surface area contributed by atoms with Gasteiger partial charge in [-0.3, -0.25) is 0 Å². The van der Waals surface area contributed by atoms with Crippen LogP contribution in [0.25, 0.3) is 11.0 Å². The summed E-state index contributed by atoms with van der Waals surface area (Å²) in [4.78, 5) is 4.52. The van der Waals surface area contributed by atoms with E-state index in [9.17, 15) is 16.8 Å². The molecule has 2 saturated heterocycles. The molecule has 12 heteroatoms. The van der Waals surface area contributed by atoms with Crippen LogP contribution in [0.2, 0.25) is 0 Å². The zero-order chi connectivity index (χ0) is 24.8. The standard InChI is InChI=1S/C23H30N6O4S2/c1-17-3-5-19(6-4-17)35(32,33)29-13-9-20-22(21(24)15-25-23(20)29)26-27-11-7-18(8-12-27)16-28-10-2-14-34(28,30)31/h3-6,9,13,15,18H,2,7-8,10-12,14,16,24H2,1H3,(H,25,26). The van der Waals surface area contributed by atoms with Crippen molar-refractivity contribution in [1.82, 2.24) is 18.3 Å². The van der Waals surface area contributed by atoms with Gasteiger partial charge in [0, 0.05) is 37.8 Å². The van der Waals surface area contributed by atoms with Crippen molar-refractivity contribution in [1.29, 1.82) is 0 Å². The number of nitrogens with zero attached hydrogens (tertiary/aromatic N) is 4. The van der Waals surface area contributed by atoms with Crippen molar-refractivity contribution in [2.24, 2.45) is 5.92 Å². The number of pyridine rings is 1. The number of hydrazine groups is 1. The predicted molar refractivity (Wildman–Crippen MR) is 136 cm³/mol. The van der Waals surface area contributed by atoms with Crippen LogP contribution in [0, 0.1) is 12.8 Å². The van der Waals surface area contributed by atoms with Gasteiger partial charge in [0.2, 0.25) is 10.0 Å². The molecule has 1 aromatic carbocycles. The Bertz CT molecular complexity index is 1440. The number of hydrogen-bond donors (Lipinski definition) is 2. The summed E-state index contributed by atoms with van der Waals surface area (Å²) >= 11 is 0. The first kappa shape index (κ1) is 24.0. The molecule has 0 radical (unpaired) electrons. The number of benzene rings is 1. The van der Waals surface area contributed by atoms with Crippen LogP contribution < -0.4 is 11.2 Å². The Morgan fingerprint density at radius 3 is 2.49 bits per heavy atom. The third kappa shape index (κ3) is 4.63. The van der Waals surface area contributed by atoms with E-state index in [4.69, 9.17) is 5.73 Å². The molecule has 0 spiro atoms. The molecule has 4 heterocycles. The first-order chi connectivity index (χ1) is 16.6. The number of hydrogen-bond acceptors (Lipinski definition) is 8. The Kier molecular flexibility index (Phi) is 6.24. The maximum absolute atomic E-state index is 13.2. The molecule has 35 heavy (non-hydrogen) atoms. The van der Waals surface area contributed by atoms with Crippen LogP contribution in [-0.4, -0.2) is 67.0 Å². The second-order valence-corrected chi connectivity index (χ2v) is 13.2. The fourth-order valence-corrected chi connectivity index (χ4v) is 7.69. The Morgan fingerprint density at radius 2 is 1.83 bits per heavy atom. The van der Waals surface area contributed by atoms with Crippen molar-refractivity contribution in [3.63, 3.8) is 0 Å². The maximum atomic E-state index is 13.2. The summed E-state index contributed by atoms with van der Waals surface area (Å²) in [5, 5.41) is 2.66. The molecule has 3 aromatic rings. The second kappa shape index (κ2) is 9.08. The molecule has 10 nitrogen and oxygen atoms in total. The van der Waals surface area contributed by atoms with Crippen molar-refractivity contribution in [2.45, 2.75) is 31.1 Å². The smallest absolute Gasteiger partial charge is 0.269 e. The quantitative estimate of drug-likeness (QED) is 0.508. The van der Waals surface area contributed by atoms with E-state index in [1.165, 1.54) is 16.4 Å². The molecule has 0 aliphatic carbocycles. The molecule has 0 saturated carbocycles. The fourth-order valence-electron chi connectivity index (χ4n) is 4.79. The molecule has 0 bridgehead atoms. The molecule has 2 aromatic heterocycles. The molecular weight excluding hydrogens is 488 g/mol. The second-order valence-electron chi connectivity index (χ2n) is 9.33. The van der Waals surface area contributed by atoms with Crippen LogP contribution in [0.15, 0.2) is 47.6 Å².